The molecule has 1 saturated carbocycles. The topological polar surface area (TPSA) is 64.6 Å². The van der Waals surface area contributed by atoms with E-state index in [9.17, 15) is 9.90 Å². The summed E-state index contributed by atoms with van der Waals surface area (Å²) < 4.78 is 0. The summed E-state index contributed by atoms with van der Waals surface area (Å²) in [6, 6.07) is 8.03. The molecule has 0 radical (unpaired) electrons. The Morgan fingerprint density at radius 3 is 2.39 bits per heavy atom. The third-order valence-electron chi connectivity index (χ3n) is 4.69. The molecule has 3 N–H and O–H groups in total. The van der Waals surface area contributed by atoms with Crippen molar-refractivity contribution in [3.63, 3.8) is 0 Å². The number of carbonyl (C=O) groups is 1. The number of hydrogen-bond donors (Lipinski definition) is 3. The van der Waals surface area contributed by atoms with Gasteiger partial charge < -0.3 is 20.6 Å². The Morgan fingerprint density at radius 1 is 1.09 bits per heavy atom. The van der Waals surface area contributed by atoms with Crippen LogP contribution in [0.15, 0.2) is 36.4 Å². The molecule has 0 atom stereocenters. The highest BCUT2D eigenvalue weighted by Crippen LogP contribution is 2.28. The Kier molecular flexibility index (Phi) is 4.86. The predicted octanol–water partition coefficient (Wildman–Crippen LogP) is 2.17. The van der Waals surface area contributed by atoms with Crippen molar-refractivity contribution in [2.45, 2.75) is 37.8 Å². The van der Waals surface area contributed by atoms with Crippen molar-refractivity contribution in [3.05, 3.63) is 42.0 Å². The van der Waals surface area contributed by atoms with E-state index < -0.39 is 5.60 Å². The molecule has 1 aromatic carbocycles. The van der Waals surface area contributed by atoms with Gasteiger partial charge in [-0.2, -0.15) is 0 Å². The summed E-state index contributed by atoms with van der Waals surface area (Å²) >= 11 is 0. The zero-order valence-corrected chi connectivity index (χ0v) is 13.4. The van der Waals surface area contributed by atoms with Gasteiger partial charge in [0.25, 0.3) is 0 Å². The highest BCUT2D eigenvalue weighted by Gasteiger charge is 2.31. The number of carbonyl (C=O) groups excluding carboxylic acids is 1. The van der Waals surface area contributed by atoms with Gasteiger partial charge in [-0.25, -0.2) is 4.79 Å². The molecule has 0 bridgehead atoms. The highest BCUT2D eigenvalue weighted by atomic mass is 16.3. The molecule has 1 heterocycles. The summed E-state index contributed by atoms with van der Waals surface area (Å²) in [6.45, 7) is 2.74. The van der Waals surface area contributed by atoms with Gasteiger partial charge in [0.1, 0.15) is 0 Å². The fraction of sp³-hybridized carbons (Fsp3) is 0.500. The van der Waals surface area contributed by atoms with E-state index in [1.54, 1.807) is 0 Å². The first kappa shape index (κ1) is 15.9. The highest BCUT2D eigenvalue weighted by molar-refractivity contribution is 5.73. The zero-order valence-electron chi connectivity index (χ0n) is 13.4. The molecule has 0 saturated heterocycles. The van der Waals surface area contributed by atoms with Crippen molar-refractivity contribution in [2.24, 2.45) is 0 Å². The van der Waals surface area contributed by atoms with Crippen LogP contribution in [0.5, 0.6) is 0 Å². The first-order valence-electron chi connectivity index (χ1n) is 8.38. The summed E-state index contributed by atoms with van der Waals surface area (Å²) in [5, 5.41) is 15.8. The van der Waals surface area contributed by atoms with Crippen molar-refractivity contribution >= 4 is 11.7 Å². The van der Waals surface area contributed by atoms with Crippen LogP contribution in [-0.2, 0) is 6.54 Å². The summed E-state index contributed by atoms with van der Waals surface area (Å²) in [5.74, 6) is 0. The van der Waals surface area contributed by atoms with Gasteiger partial charge in [-0.05, 0) is 30.5 Å². The third-order valence-corrected chi connectivity index (χ3v) is 4.69. The molecule has 0 aromatic heterocycles. The van der Waals surface area contributed by atoms with E-state index in [2.05, 4.69) is 39.8 Å². The minimum Gasteiger partial charge on any atom is -0.388 e. The van der Waals surface area contributed by atoms with E-state index in [1.165, 1.54) is 5.69 Å². The number of amides is 2. The summed E-state index contributed by atoms with van der Waals surface area (Å²) in [6.07, 6.45) is 7.97. The molecule has 2 amide bonds. The van der Waals surface area contributed by atoms with Crippen molar-refractivity contribution < 1.29 is 9.90 Å². The Morgan fingerprint density at radius 2 is 1.74 bits per heavy atom. The molecular formula is C18H25N3O2. The van der Waals surface area contributed by atoms with Crippen LogP contribution in [0.3, 0.4) is 0 Å². The summed E-state index contributed by atoms with van der Waals surface area (Å²) in [7, 11) is 0. The molecule has 2 aliphatic rings. The maximum atomic E-state index is 11.8. The van der Waals surface area contributed by atoms with Crippen molar-refractivity contribution in [1.29, 1.82) is 0 Å². The SMILES string of the molecule is O=C(NCc1ccc(N2CC=CC2)cc1)NCC1(O)CCCC1. The predicted molar refractivity (Wildman–Crippen MR) is 91.5 cm³/mol. The lowest BCUT2D eigenvalue weighted by Gasteiger charge is -2.22. The quantitative estimate of drug-likeness (QED) is 0.730. The van der Waals surface area contributed by atoms with Gasteiger partial charge in [-0.15, -0.1) is 0 Å². The van der Waals surface area contributed by atoms with Crippen molar-refractivity contribution in [1.82, 2.24) is 10.6 Å². The minimum atomic E-state index is -0.706. The Balaban J connectivity index is 1.41. The number of nitrogens with zero attached hydrogens (tertiary/aromatic N) is 1. The Labute approximate surface area is 137 Å². The first-order chi connectivity index (χ1) is 11.1. The monoisotopic (exact) mass is 315 g/mol. The lowest BCUT2D eigenvalue weighted by Crippen LogP contribution is -2.44. The van der Waals surface area contributed by atoms with Gasteiger partial charge in [-0.1, -0.05) is 37.1 Å². The molecular weight excluding hydrogens is 290 g/mol. The standard InChI is InChI=1S/C18H25N3O2/c22-17(20-14-18(23)9-1-2-10-18)19-13-15-5-7-16(8-6-15)21-11-3-4-12-21/h3-8,23H,1-2,9-14H2,(H2,19,20,22). The van der Waals surface area contributed by atoms with Gasteiger partial charge >= 0.3 is 6.03 Å². The molecule has 1 aromatic rings. The average Bonchev–Trinajstić information content (AvgIpc) is 3.24. The normalized spacial score (nSPS) is 19.1. The molecule has 0 unspecified atom stereocenters. The molecule has 1 fully saturated rings. The van der Waals surface area contributed by atoms with Gasteiger partial charge in [0.2, 0.25) is 0 Å². The molecule has 0 spiro atoms. The fourth-order valence-corrected chi connectivity index (χ4v) is 3.21. The number of nitrogens with one attached hydrogen (secondary N) is 2. The number of aliphatic hydroxyl groups is 1. The number of urea groups is 1. The molecule has 5 nitrogen and oxygen atoms in total. The average molecular weight is 315 g/mol. The maximum absolute atomic E-state index is 11.8. The summed E-state index contributed by atoms with van der Waals surface area (Å²) in [5.41, 5.74) is 1.56. The van der Waals surface area contributed by atoms with E-state index in [0.29, 0.717) is 13.1 Å². The van der Waals surface area contributed by atoms with Crippen LogP contribution >= 0.6 is 0 Å². The summed E-state index contributed by atoms with van der Waals surface area (Å²) in [4.78, 5) is 14.1. The van der Waals surface area contributed by atoms with E-state index in [1.807, 2.05) is 12.1 Å². The second-order valence-corrected chi connectivity index (χ2v) is 6.51. The van der Waals surface area contributed by atoms with Crippen LogP contribution in [0.1, 0.15) is 31.2 Å². The number of rotatable bonds is 5. The van der Waals surface area contributed by atoms with E-state index >= 15 is 0 Å². The Bertz CT molecular complexity index is 554. The van der Waals surface area contributed by atoms with Crippen LogP contribution in [0.2, 0.25) is 0 Å². The molecule has 1 aliphatic heterocycles. The zero-order chi connectivity index (χ0) is 16.1. The van der Waals surface area contributed by atoms with Crippen LogP contribution in [0.25, 0.3) is 0 Å². The maximum Gasteiger partial charge on any atom is 0.315 e. The fourth-order valence-electron chi connectivity index (χ4n) is 3.21. The molecule has 3 rings (SSSR count). The number of hydrogen-bond acceptors (Lipinski definition) is 3. The van der Waals surface area contributed by atoms with Crippen LogP contribution in [0, 0.1) is 0 Å². The van der Waals surface area contributed by atoms with Gasteiger partial charge in [0, 0.05) is 31.9 Å². The Hall–Kier alpha value is -2.01. The molecule has 23 heavy (non-hydrogen) atoms. The molecule has 1 aliphatic carbocycles. The van der Waals surface area contributed by atoms with Crippen LogP contribution in [-0.4, -0.2) is 36.4 Å². The molecule has 124 valence electrons. The minimum absolute atomic E-state index is 0.224. The van der Waals surface area contributed by atoms with E-state index in [-0.39, 0.29) is 6.03 Å². The van der Waals surface area contributed by atoms with Crippen molar-refractivity contribution in [2.75, 3.05) is 24.5 Å². The smallest absolute Gasteiger partial charge is 0.315 e. The number of benzene rings is 1. The first-order valence-corrected chi connectivity index (χ1v) is 8.38. The lowest BCUT2D eigenvalue weighted by molar-refractivity contribution is 0.0501. The van der Waals surface area contributed by atoms with Gasteiger partial charge in [-0.3, -0.25) is 0 Å². The van der Waals surface area contributed by atoms with Gasteiger partial charge in [0.15, 0.2) is 0 Å². The van der Waals surface area contributed by atoms with Crippen LogP contribution < -0.4 is 15.5 Å². The second kappa shape index (κ2) is 7.04. The largest absolute Gasteiger partial charge is 0.388 e. The van der Waals surface area contributed by atoms with Crippen molar-refractivity contribution in [3.8, 4) is 0 Å². The molecule has 5 heteroatoms. The lowest BCUT2D eigenvalue weighted by atomic mass is 10.0. The van der Waals surface area contributed by atoms with Gasteiger partial charge in [0.05, 0.1) is 5.60 Å². The van der Waals surface area contributed by atoms with Crippen LogP contribution in [0.4, 0.5) is 10.5 Å². The third kappa shape index (κ3) is 4.26. The second-order valence-electron chi connectivity index (χ2n) is 6.51. The van der Waals surface area contributed by atoms with E-state index in [4.69, 9.17) is 0 Å². The number of anilines is 1. The van der Waals surface area contributed by atoms with E-state index in [0.717, 1.165) is 44.3 Å².